The van der Waals surface area contributed by atoms with Crippen molar-refractivity contribution in [1.29, 1.82) is 0 Å². The highest BCUT2D eigenvalue weighted by Gasteiger charge is 2.10. The van der Waals surface area contributed by atoms with Crippen molar-refractivity contribution in [3.8, 4) is 0 Å². The first-order valence-electron chi connectivity index (χ1n) is 4.35. The van der Waals surface area contributed by atoms with E-state index < -0.39 is 0 Å². The first-order valence-corrected chi connectivity index (χ1v) is 4.35. The summed E-state index contributed by atoms with van der Waals surface area (Å²) in [6.07, 6.45) is 1.49. The molecule has 0 aromatic rings. The van der Waals surface area contributed by atoms with Crippen LogP contribution in [0.25, 0.3) is 0 Å². The summed E-state index contributed by atoms with van der Waals surface area (Å²) in [6, 6.07) is 0. The van der Waals surface area contributed by atoms with Gasteiger partial charge in [-0.15, -0.1) is 0 Å². The van der Waals surface area contributed by atoms with Gasteiger partial charge in [0, 0.05) is 24.5 Å². The number of amidine groups is 1. The lowest BCUT2D eigenvalue weighted by Gasteiger charge is -2.22. The predicted octanol–water partition coefficient (Wildman–Crippen LogP) is 3.13. The lowest BCUT2D eigenvalue weighted by molar-refractivity contribution is 0.630. The second-order valence-electron chi connectivity index (χ2n) is 3.19. The van der Waals surface area contributed by atoms with Gasteiger partial charge < -0.3 is 4.90 Å². The molecule has 0 atom stereocenters. The number of likely N-dealkylation sites (N-methyl/N-ethyl adjacent to an activating group) is 1. The van der Waals surface area contributed by atoms with Crippen molar-refractivity contribution in [2.75, 3.05) is 7.05 Å². The summed E-state index contributed by atoms with van der Waals surface area (Å²) in [5.74, 6) is 0.736. The molecule has 0 aromatic carbocycles. The van der Waals surface area contributed by atoms with Crippen molar-refractivity contribution >= 4 is 5.84 Å². The van der Waals surface area contributed by atoms with E-state index in [-0.39, 0.29) is 0 Å². The molecule has 14 heavy (non-hydrogen) atoms. The van der Waals surface area contributed by atoms with Gasteiger partial charge >= 0.3 is 0 Å². The third-order valence-corrected chi connectivity index (χ3v) is 1.89. The van der Waals surface area contributed by atoms with Crippen molar-refractivity contribution in [3.63, 3.8) is 0 Å². The zero-order chi connectivity index (χ0) is 11.3. The Morgan fingerprint density at radius 3 is 2.00 bits per heavy atom. The Balaban J connectivity index is 5.06. The minimum atomic E-state index is 0.736. The monoisotopic (exact) mass is 190 g/mol. The van der Waals surface area contributed by atoms with Crippen LogP contribution in [0.5, 0.6) is 0 Å². The number of aliphatic imine (C=N–C) groups is 1. The molecular formula is C12H18N2. The summed E-state index contributed by atoms with van der Waals surface area (Å²) in [7, 11) is 1.89. The van der Waals surface area contributed by atoms with E-state index in [9.17, 15) is 0 Å². The van der Waals surface area contributed by atoms with Crippen molar-refractivity contribution in [1.82, 2.24) is 4.90 Å². The molecule has 2 nitrogen and oxygen atoms in total. The van der Waals surface area contributed by atoms with Gasteiger partial charge in [-0.2, -0.15) is 0 Å². The van der Waals surface area contributed by atoms with Crippen LogP contribution < -0.4 is 0 Å². The van der Waals surface area contributed by atoms with E-state index >= 15 is 0 Å². The topological polar surface area (TPSA) is 15.6 Å². The van der Waals surface area contributed by atoms with Crippen molar-refractivity contribution in [3.05, 3.63) is 49.4 Å². The first-order chi connectivity index (χ1) is 6.41. The SMILES string of the molecule is C=CN=C(C(=C)C(=C)C)N(C)C(=C)C. The van der Waals surface area contributed by atoms with Gasteiger partial charge in [0.2, 0.25) is 0 Å². The second-order valence-corrected chi connectivity index (χ2v) is 3.19. The highest BCUT2D eigenvalue weighted by Crippen LogP contribution is 2.12. The van der Waals surface area contributed by atoms with Crippen LogP contribution in [0.2, 0.25) is 0 Å². The molecule has 0 fully saturated rings. The van der Waals surface area contributed by atoms with Crippen molar-refractivity contribution in [2.45, 2.75) is 13.8 Å². The molecule has 0 rings (SSSR count). The standard InChI is InChI=1S/C12H18N2/c1-8-13-12(11(6)9(2)3)14(7)10(4)5/h8H,1-2,4,6H2,3,5,7H3. The van der Waals surface area contributed by atoms with Gasteiger partial charge in [0.25, 0.3) is 0 Å². The van der Waals surface area contributed by atoms with E-state index in [1.165, 1.54) is 6.20 Å². The van der Waals surface area contributed by atoms with E-state index in [2.05, 4.69) is 31.3 Å². The molecule has 0 amide bonds. The van der Waals surface area contributed by atoms with Gasteiger partial charge in [-0.1, -0.05) is 26.3 Å². The van der Waals surface area contributed by atoms with Crippen molar-refractivity contribution in [2.24, 2.45) is 4.99 Å². The Bertz CT molecular complexity index is 308. The van der Waals surface area contributed by atoms with E-state index in [0.717, 1.165) is 22.7 Å². The second kappa shape index (κ2) is 5.22. The summed E-state index contributed by atoms with van der Waals surface area (Å²) >= 11 is 0. The molecule has 0 aliphatic heterocycles. The molecule has 2 heteroatoms. The molecule has 0 unspecified atom stereocenters. The number of nitrogens with zero attached hydrogens (tertiary/aromatic N) is 2. The van der Waals surface area contributed by atoms with E-state index in [4.69, 9.17) is 0 Å². The summed E-state index contributed by atoms with van der Waals surface area (Å²) in [4.78, 5) is 6.01. The third kappa shape index (κ3) is 3.05. The largest absolute Gasteiger partial charge is 0.334 e. The minimum Gasteiger partial charge on any atom is -0.334 e. The van der Waals surface area contributed by atoms with Crippen LogP contribution in [-0.4, -0.2) is 17.8 Å². The Morgan fingerprint density at radius 1 is 1.21 bits per heavy atom. The lowest BCUT2D eigenvalue weighted by atomic mass is 10.1. The minimum absolute atomic E-state index is 0.736. The van der Waals surface area contributed by atoms with Crippen molar-refractivity contribution < 1.29 is 0 Å². The number of rotatable bonds is 4. The summed E-state index contributed by atoms with van der Waals surface area (Å²) in [5, 5.41) is 0. The molecule has 0 saturated heterocycles. The summed E-state index contributed by atoms with van der Waals surface area (Å²) in [5.41, 5.74) is 2.59. The van der Waals surface area contributed by atoms with Gasteiger partial charge in [-0.05, 0) is 19.4 Å². The molecule has 0 saturated carbocycles. The average molecular weight is 190 g/mol. The van der Waals surface area contributed by atoms with Gasteiger partial charge in [0.05, 0.1) is 0 Å². The first kappa shape index (κ1) is 12.4. The van der Waals surface area contributed by atoms with Crippen LogP contribution in [-0.2, 0) is 0 Å². The zero-order valence-electron chi connectivity index (χ0n) is 9.30. The molecule has 0 aromatic heterocycles. The predicted molar refractivity (Wildman–Crippen MR) is 64.2 cm³/mol. The molecule has 0 aliphatic rings. The van der Waals surface area contributed by atoms with E-state index in [1.807, 2.05) is 25.8 Å². The number of allylic oxidation sites excluding steroid dienone is 1. The van der Waals surface area contributed by atoms with Gasteiger partial charge in [0.15, 0.2) is 0 Å². The molecule has 0 spiro atoms. The third-order valence-electron chi connectivity index (χ3n) is 1.89. The van der Waals surface area contributed by atoms with Crippen LogP contribution >= 0.6 is 0 Å². The molecule has 0 aliphatic carbocycles. The Labute approximate surface area is 86.7 Å². The van der Waals surface area contributed by atoms with Crippen LogP contribution in [0.15, 0.2) is 54.4 Å². The maximum Gasteiger partial charge on any atom is 0.139 e. The fourth-order valence-electron chi connectivity index (χ4n) is 0.825. The Morgan fingerprint density at radius 2 is 1.71 bits per heavy atom. The molecule has 0 radical (unpaired) electrons. The fourth-order valence-corrected chi connectivity index (χ4v) is 0.825. The number of hydrogen-bond donors (Lipinski definition) is 0. The average Bonchev–Trinajstić information content (AvgIpc) is 2.11. The van der Waals surface area contributed by atoms with Crippen LogP contribution in [0.3, 0.4) is 0 Å². The van der Waals surface area contributed by atoms with E-state index in [1.54, 1.807) is 0 Å². The Hall–Kier alpha value is -1.57. The normalized spacial score (nSPS) is 10.6. The summed E-state index contributed by atoms with van der Waals surface area (Å²) < 4.78 is 0. The van der Waals surface area contributed by atoms with Gasteiger partial charge in [0.1, 0.15) is 5.84 Å². The fraction of sp³-hybridized carbons (Fsp3) is 0.250. The van der Waals surface area contributed by atoms with Crippen LogP contribution in [0, 0.1) is 0 Å². The van der Waals surface area contributed by atoms with E-state index in [0.29, 0.717) is 0 Å². The highest BCUT2D eigenvalue weighted by molar-refractivity contribution is 6.02. The molecule has 76 valence electrons. The maximum atomic E-state index is 4.15. The molecule has 0 heterocycles. The quantitative estimate of drug-likeness (QED) is 0.378. The molecule has 0 N–H and O–H groups in total. The molecule has 0 bridgehead atoms. The highest BCUT2D eigenvalue weighted by atomic mass is 15.2. The smallest absolute Gasteiger partial charge is 0.139 e. The number of hydrogen-bond acceptors (Lipinski definition) is 1. The van der Waals surface area contributed by atoms with Gasteiger partial charge in [-0.25, -0.2) is 4.99 Å². The Kier molecular flexibility index (Phi) is 4.64. The molecular weight excluding hydrogens is 172 g/mol. The lowest BCUT2D eigenvalue weighted by Crippen LogP contribution is -2.26. The van der Waals surface area contributed by atoms with Gasteiger partial charge in [-0.3, -0.25) is 0 Å². The zero-order valence-corrected chi connectivity index (χ0v) is 9.30. The maximum absolute atomic E-state index is 4.15. The summed E-state index contributed by atoms with van der Waals surface area (Å²) in [6.45, 7) is 19.0. The van der Waals surface area contributed by atoms with Crippen LogP contribution in [0.4, 0.5) is 0 Å². The van der Waals surface area contributed by atoms with Crippen LogP contribution in [0.1, 0.15) is 13.8 Å².